The second-order valence-corrected chi connectivity index (χ2v) is 16.8. The number of aliphatic carboxylic acids is 1. The number of aryl methyl sites for hydroxylation is 6. The highest BCUT2D eigenvalue weighted by Gasteiger charge is 2.20. The molecule has 0 spiro atoms. The summed E-state index contributed by atoms with van der Waals surface area (Å²) in [5, 5.41) is 44.4. The van der Waals surface area contributed by atoms with Crippen LogP contribution in [0.4, 0.5) is 17.3 Å². The Morgan fingerprint density at radius 3 is 1.74 bits per heavy atom. The first-order valence-electron chi connectivity index (χ1n) is 20.1. The highest BCUT2D eigenvalue weighted by molar-refractivity contribution is 5.87. The van der Waals surface area contributed by atoms with Gasteiger partial charge in [-0.1, -0.05) is 19.6 Å². The predicted octanol–water partition coefficient (Wildman–Crippen LogP) is 6.67. The molecule has 0 aliphatic rings. The van der Waals surface area contributed by atoms with Gasteiger partial charge in [-0.3, -0.25) is 29.6 Å². The van der Waals surface area contributed by atoms with Crippen molar-refractivity contribution in [3.63, 3.8) is 0 Å². The van der Waals surface area contributed by atoms with Crippen molar-refractivity contribution in [1.82, 2.24) is 34.7 Å². The number of hydrogen-bond donors (Lipinski definition) is 7. The van der Waals surface area contributed by atoms with Crippen molar-refractivity contribution in [2.75, 3.05) is 5.32 Å². The monoisotopic (exact) mass is 890 g/mol. The molecule has 8 N–H and O–H groups in total. The van der Waals surface area contributed by atoms with E-state index in [0.717, 1.165) is 61.1 Å². The molecule has 2 aromatic carbocycles. The van der Waals surface area contributed by atoms with E-state index in [0.29, 0.717) is 28.7 Å². The Labute approximate surface area is 376 Å². The van der Waals surface area contributed by atoms with Crippen LogP contribution in [0.25, 0.3) is 44.1 Å². The van der Waals surface area contributed by atoms with Crippen LogP contribution in [0.5, 0.6) is 0 Å². The van der Waals surface area contributed by atoms with Crippen LogP contribution in [0.15, 0.2) is 92.2 Å². The number of hydroxylamine groups is 1. The molecule has 0 amide bonds. The lowest BCUT2D eigenvalue weighted by Gasteiger charge is -2.13. The van der Waals surface area contributed by atoms with Gasteiger partial charge in [-0.2, -0.15) is 4.98 Å². The molecule has 0 atom stereocenters. The molecule has 18 heteroatoms. The van der Waals surface area contributed by atoms with Gasteiger partial charge in [0.15, 0.2) is 0 Å². The first kappa shape index (κ1) is 50.4. The Bertz CT molecular complexity index is 2990. The molecule has 5 aromatic heterocycles. The molecular weight excluding hydrogens is 833 g/mol. The molecule has 0 bridgehead atoms. The number of guanidine groups is 1. The Morgan fingerprint density at radius 2 is 1.28 bits per heavy atom. The minimum Gasteiger partial charge on any atom is -0.481 e. The minimum atomic E-state index is -1.08. The van der Waals surface area contributed by atoms with Gasteiger partial charge in [-0.05, 0) is 131 Å². The first-order chi connectivity index (χ1) is 29.9. The van der Waals surface area contributed by atoms with E-state index in [2.05, 4.69) is 30.4 Å². The summed E-state index contributed by atoms with van der Waals surface area (Å²) in [4.78, 5) is 52.8. The highest BCUT2D eigenvalue weighted by Crippen LogP contribution is 2.30. The van der Waals surface area contributed by atoms with Gasteiger partial charge in [0.1, 0.15) is 0 Å². The summed E-state index contributed by atoms with van der Waals surface area (Å²) in [6.45, 7) is 14.0. The normalized spacial score (nSPS) is 11.6. The van der Waals surface area contributed by atoms with Crippen LogP contribution < -0.4 is 27.6 Å². The third-order valence-electron chi connectivity index (χ3n) is 9.78. The molecule has 0 saturated carbocycles. The number of nitrogens with one attached hydrogen (secondary N) is 2. The lowest BCUT2D eigenvalue weighted by molar-refractivity contribution is -0.141. The number of rotatable bonds is 9. The molecule has 0 saturated heterocycles. The van der Waals surface area contributed by atoms with Crippen molar-refractivity contribution in [3.05, 3.63) is 122 Å². The van der Waals surface area contributed by atoms with Gasteiger partial charge >= 0.3 is 5.97 Å². The van der Waals surface area contributed by atoms with E-state index >= 15 is 0 Å². The van der Waals surface area contributed by atoms with Gasteiger partial charge in [0, 0.05) is 65.5 Å². The van der Waals surface area contributed by atoms with Crippen LogP contribution in [0.1, 0.15) is 69.9 Å². The summed E-state index contributed by atoms with van der Waals surface area (Å²) in [5.41, 5.74) is 14.4. The Kier molecular flexibility index (Phi) is 15.9. The zero-order chi connectivity index (χ0) is 47.3. The largest absolute Gasteiger partial charge is 0.481 e. The Morgan fingerprint density at radius 1 is 0.769 bits per heavy atom. The van der Waals surface area contributed by atoms with Crippen molar-refractivity contribution in [1.29, 1.82) is 0 Å². The molecule has 65 heavy (non-hydrogen) atoms. The number of aromatic nitrogens is 6. The van der Waals surface area contributed by atoms with E-state index in [1.54, 1.807) is 67.1 Å². The van der Waals surface area contributed by atoms with Gasteiger partial charge in [0.25, 0.3) is 17.1 Å². The maximum absolute atomic E-state index is 13.1. The zero-order valence-corrected chi connectivity index (χ0v) is 37.5. The zero-order valence-electron chi connectivity index (χ0n) is 37.5. The fraction of sp³-hybridized carbons (Fsp3) is 0.319. The van der Waals surface area contributed by atoms with E-state index < -0.39 is 17.2 Å². The third-order valence-corrected chi connectivity index (χ3v) is 9.78. The first-order valence-corrected chi connectivity index (χ1v) is 20.1. The number of nitrogens with zero attached hydrogens (tertiary/aromatic N) is 7. The van der Waals surface area contributed by atoms with Gasteiger partial charge in [-0.15, -0.1) is 0 Å². The van der Waals surface area contributed by atoms with Gasteiger partial charge in [-0.25, -0.2) is 10.5 Å². The van der Waals surface area contributed by atoms with Crippen molar-refractivity contribution < 1.29 is 29.8 Å². The topological polar surface area (TPSA) is 269 Å². The average molecular weight is 891 g/mol. The van der Waals surface area contributed by atoms with Crippen LogP contribution in [-0.2, 0) is 25.3 Å². The molecular formula is C47H58N10O8. The maximum atomic E-state index is 13.1. The average Bonchev–Trinajstić information content (AvgIpc) is 3.64. The molecule has 0 aliphatic carbocycles. The molecule has 0 fully saturated rings. The van der Waals surface area contributed by atoms with Gasteiger partial charge in [0.05, 0.1) is 40.8 Å². The van der Waals surface area contributed by atoms with Crippen molar-refractivity contribution in [2.24, 2.45) is 24.8 Å². The second kappa shape index (κ2) is 20.5. The Hall–Kier alpha value is -7.28. The van der Waals surface area contributed by atoms with E-state index in [1.807, 2.05) is 76.2 Å². The number of pyridine rings is 4. The minimum absolute atomic E-state index is 0. The maximum Gasteiger partial charge on any atom is 0.306 e. The molecule has 7 rings (SSSR count). The van der Waals surface area contributed by atoms with Gasteiger partial charge in [0.2, 0.25) is 11.9 Å². The summed E-state index contributed by atoms with van der Waals surface area (Å²) >= 11 is 0. The van der Waals surface area contributed by atoms with E-state index in [4.69, 9.17) is 25.7 Å². The molecule has 5 heterocycles. The SMILES string of the molecule is C.CC(C)(O)CC(=O)O.Cc1cc2c(cn1)cc(-c1cc(N=C(N)NO)ccc1C)c(=O)n2C.Cc1cc2c(cn1)cc(-c1cc(Nc3noc(CC(C)(C)O)n3)ccc1C)c(=O)n2C. The van der Waals surface area contributed by atoms with Crippen LogP contribution in [-0.4, -0.2) is 72.9 Å². The fourth-order valence-electron chi connectivity index (χ4n) is 6.69. The number of aliphatic imine (C=N–C) groups is 1. The summed E-state index contributed by atoms with van der Waals surface area (Å²) in [6.07, 6.45) is 3.60. The lowest BCUT2D eigenvalue weighted by atomic mass is 9.99. The van der Waals surface area contributed by atoms with Crippen LogP contribution in [0.2, 0.25) is 0 Å². The molecule has 344 valence electrons. The molecule has 18 nitrogen and oxygen atoms in total. The number of benzene rings is 2. The van der Waals surface area contributed by atoms with Crippen LogP contribution in [0, 0.1) is 27.7 Å². The Balaban J connectivity index is 0.000000245. The van der Waals surface area contributed by atoms with E-state index in [-0.39, 0.29) is 37.3 Å². The summed E-state index contributed by atoms with van der Waals surface area (Å²) in [6, 6.07) is 18.6. The van der Waals surface area contributed by atoms with Gasteiger partial charge < -0.3 is 40.0 Å². The number of fused-ring (bicyclic) bond motifs is 2. The van der Waals surface area contributed by atoms with E-state index in [9.17, 15) is 19.5 Å². The third kappa shape index (κ3) is 13.1. The smallest absolute Gasteiger partial charge is 0.306 e. The number of aliphatic hydroxyl groups is 2. The number of carbonyl (C=O) groups is 1. The quantitative estimate of drug-likeness (QED) is 0.0453. The van der Waals surface area contributed by atoms with E-state index in [1.165, 1.54) is 13.8 Å². The van der Waals surface area contributed by atoms with Crippen LogP contribution in [0.3, 0.4) is 0 Å². The highest BCUT2D eigenvalue weighted by atomic mass is 16.5. The second-order valence-electron chi connectivity index (χ2n) is 16.8. The molecule has 0 aliphatic heterocycles. The lowest BCUT2D eigenvalue weighted by Crippen LogP contribution is -2.27. The molecule has 7 aromatic rings. The number of carboxylic acid groups (broad SMARTS) is 1. The number of hydrogen-bond acceptors (Lipinski definition) is 13. The van der Waals surface area contributed by atoms with Crippen molar-refractivity contribution in [3.8, 4) is 22.3 Å². The molecule has 0 unspecified atom stereocenters. The summed E-state index contributed by atoms with van der Waals surface area (Å²) in [5.74, 6) is -0.466. The predicted molar refractivity (Wildman–Crippen MR) is 253 cm³/mol. The number of anilines is 2. The standard InChI is InChI=1S/C23H25N5O3.C18H19N5O2.C5H10O3.CH4/c1-13-6-7-16(25-22-26-20(31-27-22)11-23(3,4)30)10-17(13)18-9-15-12-24-14(2)8-19(15)28(5)21(18)29;1-10-4-5-13(21-18(19)22-25)8-14(10)15-7-12-9-20-11(2)6-16(12)23(3)17(15)24;1-5(2,8)3-4(6)7;/h6-10,12,30H,11H2,1-5H3,(H,25,27);4-9,25H,1-3H3,(H3,19,21,22);8H,3H2,1-2H3,(H,6,7);1H4. The van der Waals surface area contributed by atoms with Crippen molar-refractivity contribution >= 4 is 51.1 Å². The number of carboxylic acids is 1. The number of nitrogens with two attached hydrogens (primary N) is 1. The van der Waals surface area contributed by atoms with Crippen LogP contribution >= 0.6 is 0 Å². The summed E-state index contributed by atoms with van der Waals surface area (Å²) < 4.78 is 8.48. The fourth-order valence-corrected chi connectivity index (χ4v) is 6.69. The molecule has 0 radical (unpaired) electrons. The summed E-state index contributed by atoms with van der Waals surface area (Å²) in [7, 11) is 3.52. The van der Waals surface area contributed by atoms with Crippen molar-refractivity contribution in [2.45, 2.75) is 86.9 Å².